The Morgan fingerprint density at radius 1 is 1.17 bits per heavy atom. The summed E-state index contributed by atoms with van der Waals surface area (Å²) in [5.74, 6) is 0.418. The topological polar surface area (TPSA) is 65.2 Å². The van der Waals surface area contributed by atoms with E-state index in [1.165, 1.54) is 18.5 Å². The van der Waals surface area contributed by atoms with Crippen LogP contribution < -0.4 is 15.8 Å². The Bertz CT molecular complexity index is 772. The molecule has 1 saturated heterocycles. The number of carbonyl (C=O) groups excluding carboxylic acids is 1. The van der Waals surface area contributed by atoms with Crippen LogP contribution in [-0.4, -0.2) is 24.0 Å². The second kappa shape index (κ2) is 6.91. The summed E-state index contributed by atoms with van der Waals surface area (Å²) in [5, 5.41) is 2.80. The van der Waals surface area contributed by atoms with Crippen LogP contribution in [0, 0.1) is 12.8 Å². The van der Waals surface area contributed by atoms with Crippen LogP contribution in [0.3, 0.4) is 0 Å². The van der Waals surface area contributed by atoms with E-state index in [1.54, 1.807) is 19.2 Å². The number of hydrogen-bond acceptors (Lipinski definition) is 3. The maximum absolute atomic E-state index is 12.3. The molecule has 126 valence electrons. The molecule has 1 aromatic heterocycles. The second-order valence-corrected chi connectivity index (χ2v) is 6.54. The summed E-state index contributed by atoms with van der Waals surface area (Å²) in [5.41, 5.74) is 2.32. The quantitative estimate of drug-likeness (QED) is 0.911. The number of carbonyl (C=O) groups is 1. The molecule has 24 heavy (non-hydrogen) atoms. The average molecular weight is 325 g/mol. The van der Waals surface area contributed by atoms with Crippen LogP contribution in [0.25, 0.3) is 0 Å². The van der Waals surface area contributed by atoms with Gasteiger partial charge in [-0.25, -0.2) is 0 Å². The van der Waals surface area contributed by atoms with Gasteiger partial charge in [0, 0.05) is 30.7 Å². The van der Waals surface area contributed by atoms with Crippen LogP contribution >= 0.6 is 0 Å². The fourth-order valence-corrected chi connectivity index (χ4v) is 3.08. The smallest absolute Gasteiger partial charge is 0.261 e. The maximum atomic E-state index is 12.3. The highest BCUT2D eigenvalue weighted by Gasteiger charge is 2.17. The third-order valence-corrected chi connectivity index (χ3v) is 4.67. The number of aryl methyl sites for hydroxylation is 1. The highest BCUT2D eigenvalue weighted by Crippen LogP contribution is 2.24. The molecule has 1 aliphatic heterocycles. The highest BCUT2D eigenvalue weighted by atomic mass is 16.2. The first kappa shape index (κ1) is 16.3. The van der Waals surface area contributed by atoms with E-state index in [-0.39, 0.29) is 17.0 Å². The van der Waals surface area contributed by atoms with Gasteiger partial charge in [0.1, 0.15) is 5.56 Å². The number of rotatable bonds is 3. The van der Waals surface area contributed by atoms with Crippen molar-refractivity contribution in [2.24, 2.45) is 5.92 Å². The van der Waals surface area contributed by atoms with E-state index >= 15 is 0 Å². The molecule has 0 radical (unpaired) electrons. The molecule has 1 fully saturated rings. The van der Waals surface area contributed by atoms with E-state index in [1.807, 2.05) is 24.3 Å². The maximum Gasteiger partial charge on any atom is 0.261 e. The zero-order valence-corrected chi connectivity index (χ0v) is 14.1. The second-order valence-electron chi connectivity index (χ2n) is 6.54. The number of piperidine rings is 1. The third-order valence-electron chi connectivity index (χ3n) is 4.67. The number of aromatic amines is 1. The summed E-state index contributed by atoms with van der Waals surface area (Å²) in [6.07, 6.45) is 3.98. The molecule has 1 aromatic carbocycles. The van der Waals surface area contributed by atoms with Crippen molar-refractivity contribution in [3.8, 4) is 0 Å². The third kappa shape index (κ3) is 3.50. The molecule has 2 aromatic rings. The van der Waals surface area contributed by atoms with Crippen molar-refractivity contribution in [3.63, 3.8) is 0 Å². The molecule has 2 N–H and O–H groups in total. The predicted octanol–water partition coefficient (Wildman–Crippen LogP) is 3.17. The highest BCUT2D eigenvalue weighted by molar-refractivity contribution is 6.05. The number of anilines is 2. The van der Waals surface area contributed by atoms with Crippen molar-refractivity contribution in [3.05, 3.63) is 58.0 Å². The average Bonchev–Trinajstić information content (AvgIpc) is 2.56. The van der Waals surface area contributed by atoms with Gasteiger partial charge in [-0.3, -0.25) is 9.59 Å². The number of nitrogens with one attached hydrogen (secondary N) is 2. The van der Waals surface area contributed by atoms with Crippen molar-refractivity contribution in [1.82, 2.24) is 4.98 Å². The molecule has 2 heterocycles. The molecular formula is C19H23N3O2. The van der Waals surface area contributed by atoms with E-state index in [9.17, 15) is 9.59 Å². The van der Waals surface area contributed by atoms with Gasteiger partial charge in [-0.2, -0.15) is 0 Å². The molecule has 0 atom stereocenters. The van der Waals surface area contributed by atoms with E-state index in [4.69, 9.17) is 0 Å². The number of H-pyrrole nitrogens is 1. The molecule has 0 bridgehead atoms. The van der Waals surface area contributed by atoms with E-state index in [0.29, 0.717) is 11.3 Å². The Labute approximate surface area is 141 Å². The van der Waals surface area contributed by atoms with Gasteiger partial charge in [0.05, 0.1) is 0 Å². The Balaban J connectivity index is 1.70. The minimum absolute atomic E-state index is 0.159. The predicted molar refractivity (Wildman–Crippen MR) is 96.8 cm³/mol. The number of pyridine rings is 1. The normalized spacial score (nSPS) is 15.3. The molecule has 3 rings (SSSR count). The van der Waals surface area contributed by atoms with Gasteiger partial charge in [-0.05, 0) is 61.6 Å². The van der Waals surface area contributed by atoms with Crippen molar-refractivity contribution >= 4 is 17.3 Å². The lowest BCUT2D eigenvalue weighted by atomic mass is 9.99. The summed E-state index contributed by atoms with van der Waals surface area (Å²) in [6, 6.07) is 9.54. The van der Waals surface area contributed by atoms with Crippen LogP contribution in [0.1, 0.15) is 35.7 Å². The molecule has 1 aliphatic rings. The van der Waals surface area contributed by atoms with Gasteiger partial charge < -0.3 is 15.2 Å². The Morgan fingerprint density at radius 3 is 2.46 bits per heavy atom. The number of hydrogen-bond donors (Lipinski definition) is 2. The molecule has 0 spiro atoms. The molecule has 0 saturated carbocycles. The Hall–Kier alpha value is -2.56. The molecule has 1 amide bonds. The summed E-state index contributed by atoms with van der Waals surface area (Å²) >= 11 is 0. The first-order valence-corrected chi connectivity index (χ1v) is 8.39. The summed E-state index contributed by atoms with van der Waals surface area (Å²) < 4.78 is 0. The van der Waals surface area contributed by atoms with Crippen molar-refractivity contribution in [2.75, 3.05) is 23.3 Å². The largest absolute Gasteiger partial charge is 0.372 e. The first-order valence-electron chi connectivity index (χ1n) is 8.39. The lowest BCUT2D eigenvalue weighted by Crippen LogP contribution is -2.32. The van der Waals surface area contributed by atoms with Crippen molar-refractivity contribution in [2.45, 2.75) is 26.7 Å². The van der Waals surface area contributed by atoms with Gasteiger partial charge in [0.2, 0.25) is 0 Å². The molecule has 0 aliphatic carbocycles. The zero-order valence-electron chi connectivity index (χ0n) is 14.1. The van der Waals surface area contributed by atoms with E-state index in [0.717, 1.165) is 19.0 Å². The summed E-state index contributed by atoms with van der Waals surface area (Å²) in [4.78, 5) is 29.1. The SMILES string of the molecule is Cc1cc[nH]c(=O)c1C(=O)Nc1ccc(N2CCC(C)CC2)cc1. The molecule has 5 heteroatoms. The van der Waals surface area contributed by atoms with Crippen LogP contribution in [0.4, 0.5) is 11.4 Å². The molecule has 0 unspecified atom stereocenters. The van der Waals surface area contributed by atoms with Gasteiger partial charge in [-0.15, -0.1) is 0 Å². The molecule has 5 nitrogen and oxygen atoms in total. The van der Waals surface area contributed by atoms with Crippen molar-refractivity contribution < 1.29 is 4.79 Å². The van der Waals surface area contributed by atoms with Gasteiger partial charge >= 0.3 is 0 Å². The van der Waals surface area contributed by atoms with Crippen LogP contribution in [-0.2, 0) is 0 Å². The Kier molecular flexibility index (Phi) is 4.69. The van der Waals surface area contributed by atoms with Crippen LogP contribution in [0.2, 0.25) is 0 Å². The number of amides is 1. The number of nitrogens with zero attached hydrogens (tertiary/aromatic N) is 1. The summed E-state index contributed by atoms with van der Waals surface area (Å²) in [7, 11) is 0. The van der Waals surface area contributed by atoms with E-state index in [2.05, 4.69) is 22.1 Å². The Morgan fingerprint density at radius 2 is 1.83 bits per heavy atom. The lowest BCUT2D eigenvalue weighted by Gasteiger charge is -2.32. The van der Waals surface area contributed by atoms with Gasteiger partial charge in [0.15, 0.2) is 0 Å². The van der Waals surface area contributed by atoms with Gasteiger partial charge in [-0.1, -0.05) is 6.92 Å². The summed E-state index contributed by atoms with van der Waals surface area (Å²) in [6.45, 7) is 6.20. The fourth-order valence-electron chi connectivity index (χ4n) is 3.08. The van der Waals surface area contributed by atoms with Gasteiger partial charge in [0.25, 0.3) is 11.5 Å². The first-order chi connectivity index (χ1) is 11.5. The fraction of sp³-hybridized carbons (Fsp3) is 0.368. The minimum Gasteiger partial charge on any atom is -0.372 e. The molecular weight excluding hydrogens is 302 g/mol. The monoisotopic (exact) mass is 325 g/mol. The minimum atomic E-state index is -0.381. The lowest BCUT2D eigenvalue weighted by molar-refractivity contribution is 0.102. The standard InChI is InChI=1S/C19H23N3O2/c1-13-8-11-22(12-9-13)16-5-3-15(4-6-16)21-19(24)17-14(2)7-10-20-18(17)23/h3-7,10,13H,8-9,11-12H2,1-2H3,(H,20,23)(H,21,24). The van der Waals surface area contributed by atoms with Crippen molar-refractivity contribution in [1.29, 1.82) is 0 Å². The van der Waals surface area contributed by atoms with E-state index < -0.39 is 0 Å². The zero-order chi connectivity index (χ0) is 17.1. The van der Waals surface area contributed by atoms with Crippen LogP contribution in [0.15, 0.2) is 41.3 Å². The number of benzene rings is 1. The number of aromatic nitrogens is 1. The van der Waals surface area contributed by atoms with Crippen LogP contribution in [0.5, 0.6) is 0 Å².